The second-order valence-electron chi connectivity index (χ2n) is 5.27. The molecule has 1 saturated heterocycles. The molecular formula is C15H25N3O3. The largest absolute Gasteiger partial charge is 0.465 e. The number of hydrogen-bond donors (Lipinski definition) is 2. The third-order valence-electron chi connectivity index (χ3n) is 3.67. The van der Waals surface area contributed by atoms with E-state index in [1.54, 1.807) is 0 Å². The van der Waals surface area contributed by atoms with E-state index in [9.17, 15) is 4.79 Å². The van der Waals surface area contributed by atoms with Crippen LogP contribution in [0.4, 0.5) is 0 Å². The van der Waals surface area contributed by atoms with Crippen LogP contribution in [0.2, 0.25) is 0 Å². The Balaban J connectivity index is 1.96. The van der Waals surface area contributed by atoms with Gasteiger partial charge in [0.05, 0.1) is 19.3 Å². The summed E-state index contributed by atoms with van der Waals surface area (Å²) >= 11 is 0. The molecule has 1 aromatic heterocycles. The normalized spacial score (nSPS) is 17.6. The highest BCUT2D eigenvalue weighted by atomic mass is 16.5. The van der Waals surface area contributed by atoms with Crippen LogP contribution < -0.4 is 10.6 Å². The van der Waals surface area contributed by atoms with E-state index < -0.39 is 0 Å². The minimum atomic E-state index is 0.0610. The number of nitrogens with zero attached hydrogens (tertiary/aromatic N) is 1. The molecule has 0 saturated carbocycles. The molecule has 0 aliphatic carbocycles. The Bertz CT molecular complexity index is 441. The Morgan fingerprint density at radius 3 is 2.76 bits per heavy atom. The zero-order valence-corrected chi connectivity index (χ0v) is 12.9. The van der Waals surface area contributed by atoms with Crippen LogP contribution in [-0.2, 0) is 9.53 Å². The van der Waals surface area contributed by atoms with Crippen LogP contribution in [0.3, 0.4) is 0 Å². The standard InChI is InChI=1S/C15H25N3O3/c1-12-3-4-14(21-12)13(18-7-9-20-10-8-18)11-17-15(19)5-6-16-2/h3-4,13,16H,5-11H2,1-2H3,(H,17,19). The molecule has 1 amide bonds. The van der Waals surface area contributed by atoms with Crippen molar-refractivity contribution in [2.24, 2.45) is 0 Å². The number of hydrogen-bond acceptors (Lipinski definition) is 5. The van der Waals surface area contributed by atoms with Gasteiger partial charge in [0, 0.05) is 32.6 Å². The van der Waals surface area contributed by atoms with Crippen molar-refractivity contribution in [3.8, 4) is 0 Å². The number of rotatable bonds is 7. The molecule has 0 aromatic carbocycles. The first-order chi connectivity index (χ1) is 10.2. The van der Waals surface area contributed by atoms with Crippen molar-refractivity contribution in [2.75, 3.05) is 46.4 Å². The highest BCUT2D eigenvalue weighted by Crippen LogP contribution is 2.23. The van der Waals surface area contributed by atoms with Crippen LogP contribution in [0.1, 0.15) is 24.0 Å². The van der Waals surface area contributed by atoms with E-state index in [0.717, 1.165) is 37.8 Å². The predicted octanol–water partition coefficient (Wildman–Crippen LogP) is 0.687. The fourth-order valence-electron chi connectivity index (χ4n) is 2.47. The fourth-order valence-corrected chi connectivity index (χ4v) is 2.47. The highest BCUT2D eigenvalue weighted by Gasteiger charge is 2.25. The summed E-state index contributed by atoms with van der Waals surface area (Å²) in [5, 5.41) is 5.98. The van der Waals surface area contributed by atoms with Crippen molar-refractivity contribution in [2.45, 2.75) is 19.4 Å². The minimum Gasteiger partial charge on any atom is -0.465 e. The van der Waals surface area contributed by atoms with Gasteiger partial charge in [-0.2, -0.15) is 0 Å². The van der Waals surface area contributed by atoms with Gasteiger partial charge in [0.2, 0.25) is 5.91 Å². The topological polar surface area (TPSA) is 66.7 Å². The molecule has 21 heavy (non-hydrogen) atoms. The number of morpholine rings is 1. The van der Waals surface area contributed by atoms with Gasteiger partial charge < -0.3 is 19.8 Å². The lowest BCUT2D eigenvalue weighted by molar-refractivity contribution is -0.121. The zero-order valence-electron chi connectivity index (χ0n) is 12.9. The summed E-state index contributed by atoms with van der Waals surface area (Å²) < 4.78 is 11.2. The number of carbonyl (C=O) groups is 1. The summed E-state index contributed by atoms with van der Waals surface area (Å²) in [5.74, 6) is 1.86. The Kier molecular flexibility index (Phi) is 6.22. The minimum absolute atomic E-state index is 0.0610. The molecule has 2 N–H and O–H groups in total. The number of nitrogens with one attached hydrogen (secondary N) is 2. The maximum absolute atomic E-state index is 11.8. The van der Waals surface area contributed by atoms with Crippen molar-refractivity contribution >= 4 is 5.91 Å². The van der Waals surface area contributed by atoms with Gasteiger partial charge in [0.1, 0.15) is 11.5 Å². The first-order valence-electron chi connectivity index (χ1n) is 7.50. The molecule has 1 atom stereocenters. The van der Waals surface area contributed by atoms with Crippen molar-refractivity contribution < 1.29 is 13.9 Å². The summed E-state index contributed by atoms with van der Waals surface area (Å²) in [7, 11) is 1.84. The van der Waals surface area contributed by atoms with Gasteiger partial charge in [-0.15, -0.1) is 0 Å². The fraction of sp³-hybridized carbons (Fsp3) is 0.667. The van der Waals surface area contributed by atoms with Crippen LogP contribution in [0.5, 0.6) is 0 Å². The lowest BCUT2D eigenvalue weighted by Gasteiger charge is -2.33. The molecule has 1 unspecified atom stereocenters. The van der Waals surface area contributed by atoms with Gasteiger partial charge >= 0.3 is 0 Å². The third kappa shape index (κ3) is 4.84. The number of amides is 1. The smallest absolute Gasteiger partial charge is 0.221 e. The van der Waals surface area contributed by atoms with E-state index in [1.807, 2.05) is 26.1 Å². The van der Waals surface area contributed by atoms with E-state index in [0.29, 0.717) is 19.5 Å². The first-order valence-corrected chi connectivity index (χ1v) is 7.50. The molecule has 1 aliphatic heterocycles. The summed E-state index contributed by atoms with van der Waals surface area (Å²) in [6, 6.07) is 4.03. The van der Waals surface area contributed by atoms with Crippen LogP contribution in [0.15, 0.2) is 16.5 Å². The summed E-state index contributed by atoms with van der Waals surface area (Å²) in [6.07, 6.45) is 0.490. The predicted molar refractivity (Wildman–Crippen MR) is 80.1 cm³/mol. The maximum Gasteiger partial charge on any atom is 0.221 e. The van der Waals surface area contributed by atoms with Crippen LogP contribution in [-0.4, -0.2) is 57.2 Å². The molecular weight excluding hydrogens is 270 g/mol. The van der Waals surface area contributed by atoms with E-state index >= 15 is 0 Å². The molecule has 1 aromatic rings. The second kappa shape index (κ2) is 8.17. The quantitative estimate of drug-likeness (QED) is 0.774. The van der Waals surface area contributed by atoms with Crippen LogP contribution >= 0.6 is 0 Å². The van der Waals surface area contributed by atoms with Crippen LogP contribution in [0.25, 0.3) is 0 Å². The van der Waals surface area contributed by atoms with Gasteiger partial charge in [-0.25, -0.2) is 0 Å². The van der Waals surface area contributed by atoms with E-state index in [-0.39, 0.29) is 11.9 Å². The van der Waals surface area contributed by atoms with Crippen molar-refractivity contribution in [3.63, 3.8) is 0 Å². The second-order valence-corrected chi connectivity index (χ2v) is 5.27. The lowest BCUT2D eigenvalue weighted by Crippen LogP contribution is -2.43. The summed E-state index contributed by atoms with van der Waals surface area (Å²) in [6.45, 7) is 6.36. The van der Waals surface area contributed by atoms with Crippen molar-refractivity contribution in [3.05, 3.63) is 23.7 Å². The molecule has 1 fully saturated rings. The molecule has 1 aliphatic rings. The van der Waals surface area contributed by atoms with Gasteiger partial charge in [-0.05, 0) is 26.1 Å². The lowest BCUT2D eigenvalue weighted by atomic mass is 10.1. The Morgan fingerprint density at radius 1 is 1.38 bits per heavy atom. The van der Waals surface area contributed by atoms with E-state index in [4.69, 9.17) is 9.15 Å². The first kappa shape index (κ1) is 16.0. The molecule has 6 heteroatoms. The van der Waals surface area contributed by atoms with Crippen molar-refractivity contribution in [1.29, 1.82) is 0 Å². The summed E-state index contributed by atoms with van der Waals surface area (Å²) in [5.41, 5.74) is 0. The number of ether oxygens (including phenoxy) is 1. The molecule has 118 valence electrons. The molecule has 6 nitrogen and oxygen atoms in total. The molecule has 0 spiro atoms. The van der Waals surface area contributed by atoms with E-state index in [1.165, 1.54) is 0 Å². The SMILES string of the molecule is CNCCC(=O)NCC(c1ccc(C)o1)N1CCOCC1. The van der Waals surface area contributed by atoms with Gasteiger partial charge in [-0.3, -0.25) is 9.69 Å². The van der Waals surface area contributed by atoms with Crippen molar-refractivity contribution in [1.82, 2.24) is 15.5 Å². The average Bonchev–Trinajstić information content (AvgIpc) is 2.93. The number of furan rings is 1. The molecule has 2 rings (SSSR count). The molecule has 0 radical (unpaired) electrons. The Morgan fingerprint density at radius 2 is 2.14 bits per heavy atom. The van der Waals surface area contributed by atoms with E-state index in [2.05, 4.69) is 15.5 Å². The monoisotopic (exact) mass is 295 g/mol. The Labute approximate surface area is 125 Å². The number of carbonyl (C=O) groups excluding carboxylic acids is 1. The number of aryl methyl sites for hydroxylation is 1. The zero-order chi connectivity index (χ0) is 15.1. The average molecular weight is 295 g/mol. The maximum atomic E-state index is 11.8. The molecule has 2 heterocycles. The van der Waals surface area contributed by atoms with Gasteiger partial charge in [-0.1, -0.05) is 0 Å². The van der Waals surface area contributed by atoms with Crippen LogP contribution in [0, 0.1) is 6.92 Å². The molecule has 0 bridgehead atoms. The highest BCUT2D eigenvalue weighted by molar-refractivity contribution is 5.76. The summed E-state index contributed by atoms with van der Waals surface area (Å²) in [4.78, 5) is 14.1. The van der Waals surface area contributed by atoms with Gasteiger partial charge in [0.15, 0.2) is 0 Å². The van der Waals surface area contributed by atoms with Gasteiger partial charge in [0.25, 0.3) is 0 Å². The third-order valence-corrected chi connectivity index (χ3v) is 3.67. The Hall–Kier alpha value is -1.37.